The van der Waals surface area contributed by atoms with Crippen molar-refractivity contribution in [3.05, 3.63) is 64.7 Å². The van der Waals surface area contributed by atoms with Gasteiger partial charge in [0.05, 0.1) is 13.2 Å². The van der Waals surface area contributed by atoms with Gasteiger partial charge in [0.25, 0.3) is 0 Å². The number of guanidine groups is 1. The third-order valence-corrected chi connectivity index (χ3v) is 4.55. The average molecular weight is 353 g/mol. The topological polar surface area (TPSA) is 54.9 Å². The molecule has 5 nitrogen and oxygen atoms in total. The Morgan fingerprint density at radius 3 is 2.81 bits per heavy atom. The molecule has 0 spiro atoms. The fourth-order valence-electron chi connectivity index (χ4n) is 3.15. The van der Waals surface area contributed by atoms with Crippen molar-refractivity contribution in [1.82, 2.24) is 10.6 Å². The van der Waals surface area contributed by atoms with Crippen LogP contribution in [0.3, 0.4) is 0 Å². The van der Waals surface area contributed by atoms with Gasteiger partial charge in [-0.25, -0.2) is 0 Å². The van der Waals surface area contributed by atoms with E-state index in [1.165, 1.54) is 22.3 Å². The summed E-state index contributed by atoms with van der Waals surface area (Å²) in [4.78, 5) is 4.31. The van der Waals surface area contributed by atoms with E-state index in [4.69, 9.17) is 9.47 Å². The molecule has 0 aliphatic carbocycles. The Bertz CT molecular complexity index is 759. The minimum Gasteiger partial charge on any atom is -0.493 e. The number of ether oxygens (including phenoxy) is 2. The van der Waals surface area contributed by atoms with Gasteiger partial charge in [0, 0.05) is 33.7 Å². The van der Waals surface area contributed by atoms with E-state index in [1.807, 2.05) is 12.1 Å². The lowest BCUT2D eigenvalue weighted by molar-refractivity contribution is 0.184. The molecule has 1 aliphatic rings. The molecule has 1 aliphatic heterocycles. The van der Waals surface area contributed by atoms with Crippen molar-refractivity contribution < 1.29 is 9.47 Å². The van der Waals surface area contributed by atoms with E-state index >= 15 is 0 Å². The highest BCUT2D eigenvalue weighted by molar-refractivity contribution is 5.79. The molecule has 138 valence electrons. The Morgan fingerprint density at radius 1 is 1.15 bits per heavy atom. The lowest BCUT2D eigenvalue weighted by Gasteiger charge is -2.14. The Labute approximate surface area is 155 Å². The average Bonchev–Trinajstić information content (AvgIpc) is 3.13. The highest BCUT2D eigenvalue weighted by Crippen LogP contribution is 2.25. The van der Waals surface area contributed by atoms with Crippen molar-refractivity contribution >= 4 is 5.96 Å². The fourth-order valence-corrected chi connectivity index (χ4v) is 3.15. The van der Waals surface area contributed by atoms with Crippen molar-refractivity contribution in [3.8, 4) is 5.75 Å². The molecule has 0 amide bonds. The normalized spacial score (nSPS) is 13.2. The molecule has 2 N–H and O–H groups in total. The van der Waals surface area contributed by atoms with E-state index in [1.54, 1.807) is 14.2 Å². The lowest BCUT2D eigenvalue weighted by Crippen LogP contribution is -2.38. The standard InChI is InChI=1S/C21H27N3O2/c1-22-21(24-14-18-5-3-4-6-19(18)15-25-2)23-11-9-16-7-8-20-17(13-16)10-12-26-20/h3-8,13H,9-12,14-15H2,1-2H3,(H2,22,23,24). The van der Waals surface area contributed by atoms with Crippen molar-refractivity contribution in [2.24, 2.45) is 4.99 Å². The summed E-state index contributed by atoms with van der Waals surface area (Å²) in [6.45, 7) is 2.97. The zero-order valence-electron chi connectivity index (χ0n) is 15.5. The number of fused-ring (bicyclic) bond motifs is 1. The van der Waals surface area contributed by atoms with Crippen LogP contribution in [0.4, 0.5) is 0 Å². The van der Waals surface area contributed by atoms with Crippen LogP contribution >= 0.6 is 0 Å². The molecule has 0 radical (unpaired) electrons. The summed E-state index contributed by atoms with van der Waals surface area (Å²) >= 11 is 0. The Hall–Kier alpha value is -2.53. The molecular formula is C21H27N3O2. The van der Waals surface area contributed by atoms with Crippen LogP contribution in [-0.2, 0) is 30.7 Å². The van der Waals surface area contributed by atoms with Crippen LogP contribution in [0.15, 0.2) is 47.5 Å². The summed E-state index contributed by atoms with van der Waals surface area (Å²) in [6.07, 6.45) is 1.97. The molecule has 0 bridgehead atoms. The Kier molecular flexibility index (Phi) is 6.50. The second-order valence-corrected chi connectivity index (χ2v) is 6.34. The van der Waals surface area contributed by atoms with Gasteiger partial charge in [-0.1, -0.05) is 36.4 Å². The number of rotatable bonds is 7. The number of benzene rings is 2. The van der Waals surface area contributed by atoms with E-state index in [0.29, 0.717) is 6.61 Å². The van der Waals surface area contributed by atoms with Gasteiger partial charge in [0.2, 0.25) is 0 Å². The molecule has 0 atom stereocenters. The zero-order chi connectivity index (χ0) is 18.2. The predicted octanol–water partition coefficient (Wildman–Crippen LogP) is 2.68. The largest absolute Gasteiger partial charge is 0.493 e. The van der Waals surface area contributed by atoms with Gasteiger partial charge in [-0.05, 0) is 34.7 Å². The van der Waals surface area contributed by atoms with Crippen LogP contribution in [0.5, 0.6) is 5.75 Å². The summed E-state index contributed by atoms with van der Waals surface area (Å²) in [5.41, 5.74) is 5.05. The molecule has 2 aromatic rings. The molecule has 5 heteroatoms. The number of aliphatic imine (C=N–C) groups is 1. The monoisotopic (exact) mass is 353 g/mol. The van der Waals surface area contributed by atoms with Crippen LogP contribution in [0.25, 0.3) is 0 Å². The van der Waals surface area contributed by atoms with Gasteiger partial charge >= 0.3 is 0 Å². The van der Waals surface area contributed by atoms with Gasteiger partial charge < -0.3 is 20.1 Å². The Balaban J connectivity index is 1.48. The highest BCUT2D eigenvalue weighted by Gasteiger charge is 2.11. The minimum absolute atomic E-state index is 0.617. The second-order valence-electron chi connectivity index (χ2n) is 6.34. The minimum atomic E-state index is 0.617. The first kappa shape index (κ1) is 18.3. The molecule has 0 fully saturated rings. The van der Waals surface area contributed by atoms with Crippen molar-refractivity contribution in [2.75, 3.05) is 27.3 Å². The van der Waals surface area contributed by atoms with Crippen LogP contribution in [-0.4, -0.2) is 33.3 Å². The molecule has 1 heterocycles. The van der Waals surface area contributed by atoms with E-state index in [0.717, 1.165) is 44.2 Å². The van der Waals surface area contributed by atoms with Crippen molar-refractivity contribution in [3.63, 3.8) is 0 Å². The van der Waals surface area contributed by atoms with Gasteiger partial charge in [0.1, 0.15) is 5.75 Å². The van der Waals surface area contributed by atoms with Crippen LogP contribution in [0, 0.1) is 0 Å². The van der Waals surface area contributed by atoms with Crippen molar-refractivity contribution in [1.29, 1.82) is 0 Å². The number of hydrogen-bond donors (Lipinski definition) is 2. The molecule has 26 heavy (non-hydrogen) atoms. The van der Waals surface area contributed by atoms with Crippen molar-refractivity contribution in [2.45, 2.75) is 26.0 Å². The first-order valence-corrected chi connectivity index (χ1v) is 9.05. The highest BCUT2D eigenvalue weighted by atomic mass is 16.5. The maximum Gasteiger partial charge on any atom is 0.191 e. The van der Waals surface area contributed by atoms with E-state index in [9.17, 15) is 0 Å². The Morgan fingerprint density at radius 2 is 2.00 bits per heavy atom. The maximum atomic E-state index is 5.56. The zero-order valence-corrected chi connectivity index (χ0v) is 15.5. The van der Waals surface area contributed by atoms with Crippen LogP contribution < -0.4 is 15.4 Å². The molecular weight excluding hydrogens is 326 g/mol. The quantitative estimate of drug-likeness (QED) is 0.594. The van der Waals surface area contributed by atoms with Gasteiger partial charge in [-0.15, -0.1) is 0 Å². The van der Waals surface area contributed by atoms with Crippen LogP contribution in [0.1, 0.15) is 22.3 Å². The first-order chi connectivity index (χ1) is 12.8. The van der Waals surface area contributed by atoms with E-state index in [-0.39, 0.29) is 0 Å². The number of nitrogens with zero attached hydrogens (tertiary/aromatic N) is 1. The maximum absolute atomic E-state index is 5.56. The fraction of sp³-hybridized carbons (Fsp3) is 0.381. The molecule has 0 saturated heterocycles. The number of nitrogens with one attached hydrogen (secondary N) is 2. The SMILES string of the molecule is CN=C(NCCc1ccc2c(c1)CCO2)NCc1ccccc1COC. The smallest absolute Gasteiger partial charge is 0.191 e. The predicted molar refractivity (Wildman–Crippen MR) is 105 cm³/mol. The summed E-state index contributed by atoms with van der Waals surface area (Å²) in [5.74, 6) is 1.84. The van der Waals surface area contributed by atoms with Gasteiger partial charge in [-0.2, -0.15) is 0 Å². The molecule has 2 aromatic carbocycles. The summed E-state index contributed by atoms with van der Waals surface area (Å²) in [7, 11) is 3.51. The number of hydrogen-bond acceptors (Lipinski definition) is 3. The molecule has 0 unspecified atom stereocenters. The second kappa shape index (κ2) is 9.25. The molecule has 0 saturated carbocycles. The van der Waals surface area contributed by atoms with Gasteiger partial charge in [0.15, 0.2) is 5.96 Å². The summed E-state index contributed by atoms with van der Waals surface area (Å²) in [6, 6.07) is 14.8. The van der Waals surface area contributed by atoms with E-state index < -0.39 is 0 Å². The van der Waals surface area contributed by atoms with Crippen LogP contribution in [0.2, 0.25) is 0 Å². The van der Waals surface area contributed by atoms with E-state index in [2.05, 4.69) is 46.0 Å². The number of methoxy groups -OCH3 is 1. The lowest BCUT2D eigenvalue weighted by atomic mass is 10.1. The summed E-state index contributed by atoms with van der Waals surface area (Å²) in [5, 5.41) is 6.76. The summed E-state index contributed by atoms with van der Waals surface area (Å²) < 4.78 is 10.8. The third kappa shape index (κ3) is 4.76. The van der Waals surface area contributed by atoms with Gasteiger partial charge in [-0.3, -0.25) is 4.99 Å². The molecule has 0 aromatic heterocycles. The third-order valence-electron chi connectivity index (χ3n) is 4.55. The first-order valence-electron chi connectivity index (χ1n) is 9.05. The molecule has 3 rings (SSSR count).